The lowest BCUT2D eigenvalue weighted by atomic mass is 10.2. The summed E-state index contributed by atoms with van der Waals surface area (Å²) in [5.41, 5.74) is 0.888. The van der Waals surface area contributed by atoms with Crippen molar-refractivity contribution >= 4 is 10.0 Å². The number of ether oxygens (including phenoxy) is 1. The highest BCUT2D eigenvalue weighted by molar-refractivity contribution is 7.89. The average Bonchev–Trinajstić information content (AvgIpc) is 2.34. The highest BCUT2D eigenvalue weighted by Gasteiger charge is 2.20. The first-order chi connectivity index (χ1) is 9.26. The number of sulfonamides is 1. The molecular weight excluding hydrogens is 278 g/mol. The maximum atomic E-state index is 12.3. The van der Waals surface area contributed by atoms with Crippen molar-refractivity contribution in [3.05, 3.63) is 23.8 Å². The molecule has 6 nitrogen and oxygen atoms in total. The van der Waals surface area contributed by atoms with Crippen LogP contribution in [0, 0.1) is 0 Å². The predicted octanol–water partition coefficient (Wildman–Crippen LogP) is 0.948. The van der Waals surface area contributed by atoms with E-state index in [9.17, 15) is 8.42 Å². The minimum atomic E-state index is -3.64. The first kappa shape index (κ1) is 16.9. The summed E-state index contributed by atoms with van der Waals surface area (Å²) in [5, 5.41) is 4.63. The Balaban J connectivity index is 3.12. The summed E-state index contributed by atoms with van der Waals surface area (Å²) in [7, 11) is 1.05. The second-order valence-electron chi connectivity index (χ2n) is 5.01. The van der Waals surface area contributed by atoms with Gasteiger partial charge in [-0.3, -0.25) is 0 Å². The monoisotopic (exact) mass is 301 g/mol. The number of nitrogens with one attached hydrogen (secondary N) is 2. The normalized spacial score (nSPS) is 12.2. The minimum absolute atomic E-state index is 0.136. The SMILES string of the molecule is COc1ccc(CNC(C)C)cc1S(=O)(=O)NN(C)C. The maximum absolute atomic E-state index is 12.3. The van der Waals surface area contributed by atoms with Gasteiger partial charge in [-0.25, -0.2) is 13.4 Å². The van der Waals surface area contributed by atoms with E-state index in [-0.39, 0.29) is 4.90 Å². The highest BCUT2D eigenvalue weighted by Crippen LogP contribution is 2.24. The molecule has 0 bridgehead atoms. The smallest absolute Gasteiger partial charge is 0.257 e. The fraction of sp³-hybridized carbons (Fsp3) is 0.538. The summed E-state index contributed by atoms with van der Waals surface area (Å²) >= 11 is 0. The zero-order valence-electron chi connectivity index (χ0n) is 12.6. The van der Waals surface area contributed by atoms with E-state index in [4.69, 9.17) is 4.74 Å². The molecule has 2 N–H and O–H groups in total. The van der Waals surface area contributed by atoms with Crippen LogP contribution in [-0.4, -0.2) is 40.7 Å². The Morgan fingerprint density at radius 2 is 1.95 bits per heavy atom. The van der Waals surface area contributed by atoms with Crippen molar-refractivity contribution in [2.24, 2.45) is 0 Å². The summed E-state index contributed by atoms with van der Waals surface area (Å²) in [4.78, 5) is 2.54. The van der Waals surface area contributed by atoms with Gasteiger partial charge in [0.1, 0.15) is 10.6 Å². The Bertz CT molecular complexity index is 542. The zero-order valence-corrected chi connectivity index (χ0v) is 13.4. The molecular formula is C13H23N3O3S. The molecule has 0 radical (unpaired) electrons. The van der Waals surface area contributed by atoms with Crippen molar-refractivity contribution in [3.63, 3.8) is 0 Å². The molecule has 1 aromatic carbocycles. The minimum Gasteiger partial charge on any atom is -0.495 e. The first-order valence-electron chi connectivity index (χ1n) is 6.36. The van der Waals surface area contributed by atoms with Crippen LogP contribution in [0.2, 0.25) is 0 Å². The van der Waals surface area contributed by atoms with Gasteiger partial charge in [0, 0.05) is 26.7 Å². The average molecular weight is 301 g/mol. The fourth-order valence-electron chi connectivity index (χ4n) is 1.65. The van der Waals surface area contributed by atoms with Crippen molar-refractivity contribution in [2.75, 3.05) is 21.2 Å². The Hall–Kier alpha value is -1.15. The van der Waals surface area contributed by atoms with Gasteiger partial charge in [0.15, 0.2) is 0 Å². The molecule has 0 fully saturated rings. The summed E-state index contributed by atoms with van der Waals surface area (Å²) in [5.74, 6) is 0.327. The van der Waals surface area contributed by atoms with Crippen molar-refractivity contribution in [3.8, 4) is 5.75 Å². The summed E-state index contributed by atoms with van der Waals surface area (Å²) in [6.45, 7) is 4.68. The molecule has 7 heteroatoms. The van der Waals surface area contributed by atoms with Crippen LogP contribution in [0.4, 0.5) is 0 Å². The van der Waals surface area contributed by atoms with Crippen LogP contribution >= 0.6 is 0 Å². The number of hydrazine groups is 1. The zero-order chi connectivity index (χ0) is 15.3. The lowest BCUT2D eigenvalue weighted by molar-refractivity contribution is 0.360. The van der Waals surface area contributed by atoms with Crippen LogP contribution < -0.4 is 14.9 Å². The van der Waals surface area contributed by atoms with E-state index in [0.717, 1.165) is 5.56 Å². The van der Waals surface area contributed by atoms with Gasteiger partial charge in [-0.1, -0.05) is 19.9 Å². The molecule has 0 heterocycles. The standard InChI is InChI=1S/C13H23N3O3S/c1-10(2)14-9-11-6-7-12(19-5)13(8-11)20(17,18)15-16(3)4/h6-8,10,14-15H,9H2,1-5H3. The number of nitrogens with zero attached hydrogens (tertiary/aromatic N) is 1. The van der Waals surface area contributed by atoms with Crippen molar-refractivity contribution in [2.45, 2.75) is 31.3 Å². The molecule has 0 spiro atoms. The van der Waals surface area contributed by atoms with Crippen LogP contribution in [0.5, 0.6) is 5.75 Å². The summed E-state index contributed by atoms with van der Waals surface area (Å²) in [6.07, 6.45) is 0. The fourth-order valence-corrected chi connectivity index (χ4v) is 2.95. The molecule has 0 aliphatic carbocycles. The Kier molecular flexibility index (Phi) is 5.94. The van der Waals surface area contributed by atoms with Gasteiger partial charge >= 0.3 is 0 Å². The van der Waals surface area contributed by atoms with Crippen LogP contribution in [-0.2, 0) is 16.6 Å². The molecule has 0 saturated carbocycles. The molecule has 0 aliphatic heterocycles. The molecule has 114 valence electrons. The maximum Gasteiger partial charge on any atom is 0.257 e. The molecule has 1 rings (SSSR count). The molecule has 0 aromatic heterocycles. The Morgan fingerprint density at radius 1 is 1.30 bits per heavy atom. The third-order valence-electron chi connectivity index (χ3n) is 2.53. The van der Waals surface area contributed by atoms with Crippen molar-refractivity contribution < 1.29 is 13.2 Å². The number of methoxy groups -OCH3 is 1. The molecule has 0 saturated heterocycles. The third-order valence-corrected chi connectivity index (χ3v) is 4.04. The van der Waals surface area contributed by atoms with Crippen molar-refractivity contribution in [1.29, 1.82) is 0 Å². The molecule has 0 aliphatic rings. The number of hydrogen-bond acceptors (Lipinski definition) is 5. The van der Waals surface area contributed by atoms with E-state index < -0.39 is 10.0 Å². The van der Waals surface area contributed by atoms with Crippen molar-refractivity contribution in [1.82, 2.24) is 15.2 Å². The topological polar surface area (TPSA) is 70.7 Å². The molecule has 0 atom stereocenters. The van der Waals surface area contributed by atoms with E-state index >= 15 is 0 Å². The first-order valence-corrected chi connectivity index (χ1v) is 7.84. The van der Waals surface area contributed by atoms with Gasteiger partial charge in [-0.2, -0.15) is 0 Å². The second-order valence-corrected chi connectivity index (χ2v) is 6.64. The molecule has 0 amide bonds. The Morgan fingerprint density at radius 3 is 2.45 bits per heavy atom. The number of benzene rings is 1. The van der Waals surface area contributed by atoms with Gasteiger partial charge in [0.05, 0.1) is 7.11 Å². The number of hydrogen-bond donors (Lipinski definition) is 2. The van der Waals surface area contributed by atoms with Gasteiger partial charge in [0.25, 0.3) is 10.0 Å². The molecule has 0 unspecified atom stereocenters. The Labute approximate surface area is 121 Å². The van der Waals surface area contributed by atoms with E-state index in [1.165, 1.54) is 12.1 Å². The highest BCUT2D eigenvalue weighted by atomic mass is 32.2. The van der Waals surface area contributed by atoms with Gasteiger partial charge < -0.3 is 10.1 Å². The predicted molar refractivity (Wildman–Crippen MR) is 79.0 cm³/mol. The van der Waals surface area contributed by atoms with Crippen LogP contribution in [0.1, 0.15) is 19.4 Å². The quantitative estimate of drug-likeness (QED) is 0.734. The summed E-state index contributed by atoms with van der Waals surface area (Å²) < 4.78 is 29.7. The third kappa shape index (κ3) is 4.75. The molecule has 20 heavy (non-hydrogen) atoms. The van der Waals surface area contributed by atoms with E-state index in [1.54, 1.807) is 26.2 Å². The summed E-state index contributed by atoms with van der Waals surface area (Å²) in [6, 6.07) is 5.47. The van der Waals surface area contributed by atoms with Gasteiger partial charge in [0.2, 0.25) is 0 Å². The van der Waals surface area contributed by atoms with Gasteiger partial charge in [-0.05, 0) is 17.7 Å². The lowest BCUT2D eigenvalue weighted by Gasteiger charge is -2.16. The molecule has 1 aromatic rings. The van der Waals surface area contributed by atoms with Gasteiger partial charge in [-0.15, -0.1) is 4.83 Å². The number of rotatable bonds is 7. The second kappa shape index (κ2) is 7.03. The van der Waals surface area contributed by atoms with Crippen LogP contribution in [0.3, 0.4) is 0 Å². The largest absolute Gasteiger partial charge is 0.495 e. The van der Waals surface area contributed by atoms with E-state index in [2.05, 4.69) is 10.1 Å². The van der Waals surface area contributed by atoms with E-state index in [1.807, 2.05) is 19.9 Å². The van der Waals surface area contributed by atoms with E-state index in [0.29, 0.717) is 18.3 Å². The van der Waals surface area contributed by atoms with Crippen LogP contribution in [0.25, 0.3) is 0 Å². The van der Waals surface area contributed by atoms with Crippen LogP contribution in [0.15, 0.2) is 23.1 Å². The lowest BCUT2D eigenvalue weighted by Crippen LogP contribution is -2.36.